The molecule has 1 aliphatic rings. The molecule has 0 fully saturated rings. The first kappa shape index (κ1) is 11.6. The molecule has 0 spiro atoms. The van der Waals surface area contributed by atoms with E-state index in [9.17, 15) is 9.59 Å². The molecule has 1 atom stereocenters. The van der Waals surface area contributed by atoms with Crippen molar-refractivity contribution in [2.75, 3.05) is 11.9 Å². The number of fused-ring (bicyclic) bond motifs is 1. The SMILES string of the molecule is CCC(N)C(=O)c1ccc2c(c1)NC(=O)CO2. The number of nitrogens with two attached hydrogens (primary N) is 1. The second-order valence-corrected chi connectivity index (χ2v) is 3.93. The molecule has 1 aromatic carbocycles. The molecule has 1 heterocycles. The minimum atomic E-state index is -0.506. The highest BCUT2D eigenvalue weighted by molar-refractivity contribution is 6.03. The van der Waals surface area contributed by atoms with Gasteiger partial charge < -0.3 is 15.8 Å². The summed E-state index contributed by atoms with van der Waals surface area (Å²) in [5.41, 5.74) is 6.70. The van der Waals surface area contributed by atoms with E-state index < -0.39 is 6.04 Å². The zero-order valence-corrected chi connectivity index (χ0v) is 9.53. The van der Waals surface area contributed by atoms with Crippen molar-refractivity contribution in [1.82, 2.24) is 0 Å². The number of hydrogen-bond acceptors (Lipinski definition) is 4. The number of Topliss-reactive ketones (excluding diaryl/α,β-unsaturated/α-hetero) is 1. The Bertz CT molecular complexity index is 471. The van der Waals surface area contributed by atoms with Crippen molar-refractivity contribution in [1.29, 1.82) is 0 Å². The maximum Gasteiger partial charge on any atom is 0.262 e. The van der Waals surface area contributed by atoms with E-state index in [-0.39, 0.29) is 18.3 Å². The first-order valence-electron chi connectivity index (χ1n) is 5.48. The molecule has 5 heteroatoms. The maximum absolute atomic E-state index is 11.9. The zero-order chi connectivity index (χ0) is 12.4. The molecule has 0 aromatic heterocycles. The van der Waals surface area contributed by atoms with Crippen molar-refractivity contribution >= 4 is 17.4 Å². The van der Waals surface area contributed by atoms with Crippen LogP contribution in [0.3, 0.4) is 0 Å². The fraction of sp³-hybridized carbons (Fsp3) is 0.333. The number of hydrogen-bond donors (Lipinski definition) is 2. The highest BCUT2D eigenvalue weighted by atomic mass is 16.5. The minimum Gasteiger partial charge on any atom is -0.482 e. The van der Waals surface area contributed by atoms with Crippen LogP contribution in [0.4, 0.5) is 5.69 Å². The van der Waals surface area contributed by atoms with Crippen molar-refractivity contribution in [3.63, 3.8) is 0 Å². The minimum absolute atomic E-state index is 0.00870. The molecule has 17 heavy (non-hydrogen) atoms. The standard InChI is InChI=1S/C12H14N2O3/c1-2-8(13)12(16)7-3-4-10-9(5-7)14-11(15)6-17-10/h3-5,8H,2,6,13H2,1H3,(H,14,15). The van der Waals surface area contributed by atoms with E-state index in [0.29, 0.717) is 23.4 Å². The van der Waals surface area contributed by atoms with Gasteiger partial charge >= 0.3 is 0 Å². The average molecular weight is 234 g/mol. The molecule has 0 saturated carbocycles. The number of ether oxygens (including phenoxy) is 1. The van der Waals surface area contributed by atoms with Gasteiger partial charge in [-0.1, -0.05) is 6.92 Å². The van der Waals surface area contributed by atoms with Crippen LogP contribution in [0, 0.1) is 0 Å². The monoisotopic (exact) mass is 234 g/mol. The normalized spacial score (nSPS) is 15.5. The van der Waals surface area contributed by atoms with Crippen LogP contribution >= 0.6 is 0 Å². The second kappa shape index (κ2) is 4.55. The van der Waals surface area contributed by atoms with Crippen LogP contribution in [0.2, 0.25) is 0 Å². The molecule has 1 aromatic rings. The van der Waals surface area contributed by atoms with Crippen LogP contribution < -0.4 is 15.8 Å². The summed E-state index contributed by atoms with van der Waals surface area (Å²) in [6.45, 7) is 1.86. The number of anilines is 1. The lowest BCUT2D eigenvalue weighted by Gasteiger charge is -2.18. The molecule has 0 bridgehead atoms. The highest BCUT2D eigenvalue weighted by Gasteiger charge is 2.19. The molecule has 5 nitrogen and oxygen atoms in total. The lowest BCUT2D eigenvalue weighted by Crippen LogP contribution is -2.30. The topological polar surface area (TPSA) is 81.4 Å². The Balaban J connectivity index is 2.30. The Kier molecular flexibility index (Phi) is 3.10. The lowest BCUT2D eigenvalue weighted by molar-refractivity contribution is -0.118. The van der Waals surface area contributed by atoms with E-state index >= 15 is 0 Å². The van der Waals surface area contributed by atoms with Crippen molar-refractivity contribution in [3.8, 4) is 5.75 Å². The summed E-state index contributed by atoms with van der Waals surface area (Å²) in [5, 5.41) is 2.66. The number of ketones is 1. The molecule has 0 radical (unpaired) electrons. The van der Waals surface area contributed by atoms with Gasteiger partial charge in [0.05, 0.1) is 11.7 Å². The molecule has 0 aliphatic carbocycles. The van der Waals surface area contributed by atoms with Crippen LogP contribution in [0.5, 0.6) is 5.75 Å². The van der Waals surface area contributed by atoms with Gasteiger partial charge in [0, 0.05) is 5.56 Å². The Morgan fingerprint density at radius 3 is 3.06 bits per heavy atom. The summed E-state index contributed by atoms with van der Waals surface area (Å²) in [5.74, 6) is 0.225. The van der Waals surface area contributed by atoms with Crippen LogP contribution in [0.25, 0.3) is 0 Å². The Labute approximate surface area is 98.9 Å². The Morgan fingerprint density at radius 1 is 1.59 bits per heavy atom. The number of carbonyl (C=O) groups excluding carboxylic acids is 2. The first-order chi connectivity index (χ1) is 8.11. The first-order valence-corrected chi connectivity index (χ1v) is 5.48. The second-order valence-electron chi connectivity index (χ2n) is 3.93. The summed E-state index contributed by atoms with van der Waals surface area (Å²) in [4.78, 5) is 23.0. The fourth-order valence-electron chi connectivity index (χ4n) is 1.64. The third-order valence-corrected chi connectivity index (χ3v) is 2.67. The number of nitrogens with one attached hydrogen (secondary N) is 1. The largest absolute Gasteiger partial charge is 0.482 e. The van der Waals surface area contributed by atoms with Gasteiger partial charge in [-0.05, 0) is 24.6 Å². The molecule has 1 amide bonds. The average Bonchev–Trinajstić information content (AvgIpc) is 2.36. The maximum atomic E-state index is 11.9. The summed E-state index contributed by atoms with van der Waals surface area (Å²) in [7, 11) is 0. The molecule has 90 valence electrons. The van der Waals surface area contributed by atoms with E-state index in [1.807, 2.05) is 6.92 Å². The predicted molar refractivity (Wildman–Crippen MR) is 63.2 cm³/mol. The van der Waals surface area contributed by atoms with E-state index in [0.717, 1.165) is 0 Å². The van der Waals surface area contributed by atoms with Crippen molar-refractivity contribution < 1.29 is 14.3 Å². The van der Waals surface area contributed by atoms with Gasteiger partial charge in [-0.3, -0.25) is 9.59 Å². The van der Waals surface area contributed by atoms with Crippen LogP contribution in [0.1, 0.15) is 23.7 Å². The predicted octanol–water partition coefficient (Wildman–Crippen LogP) is 0.938. The highest BCUT2D eigenvalue weighted by Crippen LogP contribution is 2.28. The van der Waals surface area contributed by atoms with Crippen molar-refractivity contribution in [2.45, 2.75) is 19.4 Å². The fourth-order valence-corrected chi connectivity index (χ4v) is 1.64. The van der Waals surface area contributed by atoms with Gasteiger partial charge in [0.2, 0.25) is 0 Å². The van der Waals surface area contributed by atoms with Crippen molar-refractivity contribution in [2.24, 2.45) is 5.73 Å². The number of rotatable bonds is 3. The van der Waals surface area contributed by atoms with E-state index in [1.165, 1.54) is 0 Å². The molecule has 2 rings (SSSR count). The molecular weight excluding hydrogens is 220 g/mol. The van der Waals surface area contributed by atoms with Crippen LogP contribution in [-0.2, 0) is 4.79 Å². The molecule has 1 unspecified atom stereocenters. The summed E-state index contributed by atoms with van der Waals surface area (Å²) < 4.78 is 5.20. The number of benzene rings is 1. The van der Waals surface area contributed by atoms with E-state index in [4.69, 9.17) is 10.5 Å². The van der Waals surface area contributed by atoms with Crippen molar-refractivity contribution in [3.05, 3.63) is 23.8 Å². The van der Waals surface area contributed by atoms with Gasteiger partial charge in [0.15, 0.2) is 12.4 Å². The van der Waals surface area contributed by atoms with Crippen LogP contribution in [-0.4, -0.2) is 24.3 Å². The van der Waals surface area contributed by atoms with Gasteiger partial charge in [0.25, 0.3) is 5.91 Å². The number of amides is 1. The molecule has 0 saturated heterocycles. The van der Waals surface area contributed by atoms with E-state index in [1.54, 1.807) is 18.2 Å². The van der Waals surface area contributed by atoms with E-state index in [2.05, 4.69) is 5.32 Å². The smallest absolute Gasteiger partial charge is 0.262 e. The zero-order valence-electron chi connectivity index (χ0n) is 9.53. The molecular formula is C12H14N2O3. The van der Waals surface area contributed by atoms with Gasteiger partial charge in [-0.2, -0.15) is 0 Å². The van der Waals surface area contributed by atoms with Gasteiger partial charge in [-0.15, -0.1) is 0 Å². The third-order valence-electron chi connectivity index (χ3n) is 2.67. The van der Waals surface area contributed by atoms with Crippen LogP contribution in [0.15, 0.2) is 18.2 Å². The summed E-state index contributed by atoms with van der Waals surface area (Å²) in [6.07, 6.45) is 0.582. The Morgan fingerprint density at radius 2 is 2.35 bits per heavy atom. The third kappa shape index (κ3) is 2.29. The molecule has 3 N–H and O–H groups in total. The lowest BCUT2D eigenvalue weighted by atomic mass is 10.0. The Hall–Kier alpha value is -1.88. The summed E-state index contributed by atoms with van der Waals surface area (Å²) >= 11 is 0. The van der Waals surface area contributed by atoms with Gasteiger partial charge in [-0.25, -0.2) is 0 Å². The quantitative estimate of drug-likeness (QED) is 0.762. The van der Waals surface area contributed by atoms with Gasteiger partial charge in [0.1, 0.15) is 5.75 Å². The molecule has 1 aliphatic heterocycles. The number of carbonyl (C=O) groups is 2. The summed E-state index contributed by atoms with van der Waals surface area (Å²) in [6, 6.07) is 4.43.